The molecule has 80 valence electrons. The van der Waals surface area contributed by atoms with Gasteiger partial charge in [-0.3, -0.25) is 4.98 Å². The quantitative estimate of drug-likeness (QED) is 0.748. The molecule has 3 heterocycles. The highest BCUT2D eigenvalue weighted by Gasteiger charge is 2.42. The van der Waals surface area contributed by atoms with E-state index < -0.39 is 0 Å². The van der Waals surface area contributed by atoms with E-state index in [1.54, 1.807) is 0 Å². The Bertz CT molecular complexity index is 324. The predicted octanol–water partition coefficient (Wildman–Crippen LogP) is 1.41. The molecule has 1 N–H and O–H groups in total. The van der Waals surface area contributed by atoms with Crippen molar-refractivity contribution in [2.75, 3.05) is 24.5 Å². The van der Waals surface area contributed by atoms with Gasteiger partial charge in [0.1, 0.15) is 0 Å². The summed E-state index contributed by atoms with van der Waals surface area (Å²) in [6.45, 7) is 3.49. The Hall–Kier alpha value is -1.09. The average molecular weight is 203 g/mol. The van der Waals surface area contributed by atoms with Gasteiger partial charge in [0, 0.05) is 19.3 Å². The van der Waals surface area contributed by atoms with Gasteiger partial charge in [-0.25, -0.2) is 0 Å². The van der Waals surface area contributed by atoms with E-state index in [0.29, 0.717) is 5.54 Å². The fourth-order valence-electron chi connectivity index (χ4n) is 3.03. The normalized spacial score (nSPS) is 30.3. The highest BCUT2D eigenvalue weighted by atomic mass is 15.3. The molecule has 0 radical (unpaired) electrons. The first-order valence-corrected chi connectivity index (χ1v) is 5.79. The number of aromatic nitrogens is 1. The maximum atomic E-state index is 4.22. The van der Waals surface area contributed by atoms with Crippen molar-refractivity contribution in [3.63, 3.8) is 0 Å². The summed E-state index contributed by atoms with van der Waals surface area (Å²) in [5, 5.41) is 3.49. The van der Waals surface area contributed by atoms with Crippen LogP contribution < -0.4 is 10.2 Å². The van der Waals surface area contributed by atoms with Gasteiger partial charge >= 0.3 is 0 Å². The van der Waals surface area contributed by atoms with E-state index in [2.05, 4.69) is 21.3 Å². The number of nitrogens with zero attached hydrogens (tertiary/aromatic N) is 2. The Labute approximate surface area is 90.5 Å². The molecule has 1 unspecified atom stereocenters. The molecule has 2 aliphatic heterocycles. The van der Waals surface area contributed by atoms with E-state index in [1.807, 2.05) is 18.5 Å². The summed E-state index contributed by atoms with van der Waals surface area (Å²) in [5.74, 6) is 0. The first-order valence-electron chi connectivity index (χ1n) is 5.79. The molecule has 2 aliphatic rings. The second kappa shape index (κ2) is 3.49. The van der Waals surface area contributed by atoms with Crippen molar-refractivity contribution < 1.29 is 0 Å². The highest BCUT2D eigenvalue weighted by Crippen LogP contribution is 2.37. The van der Waals surface area contributed by atoms with Crippen LogP contribution in [0.25, 0.3) is 0 Å². The Morgan fingerprint density at radius 2 is 2.40 bits per heavy atom. The van der Waals surface area contributed by atoms with E-state index in [-0.39, 0.29) is 0 Å². The molecular weight excluding hydrogens is 186 g/mol. The molecule has 1 atom stereocenters. The molecule has 3 heteroatoms. The zero-order valence-corrected chi connectivity index (χ0v) is 8.95. The van der Waals surface area contributed by atoms with Crippen LogP contribution in [0.15, 0.2) is 24.5 Å². The van der Waals surface area contributed by atoms with Gasteiger partial charge in [-0.05, 0) is 37.9 Å². The van der Waals surface area contributed by atoms with Crippen LogP contribution in [-0.2, 0) is 0 Å². The Morgan fingerprint density at radius 1 is 1.40 bits per heavy atom. The SMILES string of the molecule is c1cncc(N2CCCC23CCNC3)c1. The van der Waals surface area contributed by atoms with Gasteiger partial charge in [-0.1, -0.05) is 0 Å². The van der Waals surface area contributed by atoms with E-state index in [4.69, 9.17) is 0 Å². The molecule has 0 aliphatic carbocycles. The Balaban J connectivity index is 1.92. The third-order valence-electron chi connectivity index (χ3n) is 3.78. The molecule has 2 saturated heterocycles. The molecule has 3 nitrogen and oxygen atoms in total. The van der Waals surface area contributed by atoms with Crippen LogP contribution in [-0.4, -0.2) is 30.2 Å². The summed E-state index contributed by atoms with van der Waals surface area (Å²) in [5.41, 5.74) is 1.68. The molecule has 0 amide bonds. The van der Waals surface area contributed by atoms with Crippen molar-refractivity contribution in [3.05, 3.63) is 24.5 Å². The number of rotatable bonds is 1. The third kappa shape index (κ3) is 1.42. The first-order chi connectivity index (χ1) is 7.41. The van der Waals surface area contributed by atoms with Crippen molar-refractivity contribution in [1.82, 2.24) is 10.3 Å². The predicted molar refractivity (Wildman–Crippen MR) is 61.0 cm³/mol. The average Bonchev–Trinajstić information content (AvgIpc) is 2.91. The van der Waals surface area contributed by atoms with E-state index in [9.17, 15) is 0 Å². The first kappa shape index (κ1) is 9.16. The van der Waals surface area contributed by atoms with Gasteiger partial charge < -0.3 is 10.2 Å². The highest BCUT2D eigenvalue weighted by molar-refractivity contribution is 5.49. The number of hydrogen-bond acceptors (Lipinski definition) is 3. The lowest BCUT2D eigenvalue weighted by Crippen LogP contribution is -2.45. The van der Waals surface area contributed by atoms with Crippen molar-refractivity contribution in [1.29, 1.82) is 0 Å². The summed E-state index contributed by atoms with van der Waals surface area (Å²) < 4.78 is 0. The number of pyridine rings is 1. The molecule has 1 aromatic rings. The number of nitrogens with one attached hydrogen (secondary N) is 1. The van der Waals surface area contributed by atoms with E-state index in [1.165, 1.54) is 31.5 Å². The van der Waals surface area contributed by atoms with E-state index in [0.717, 1.165) is 13.1 Å². The van der Waals surface area contributed by atoms with Gasteiger partial charge in [-0.2, -0.15) is 0 Å². The Kier molecular flexibility index (Phi) is 2.13. The fourth-order valence-corrected chi connectivity index (χ4v) is 3.03. The maximum absolute atomic E-state index is 4.22. The van der Waals surface area contributed by atoms with Crippen LogP contribution in [0.3, 0.4) is 0 Å². The minimum Gasteiger partial charge on any atom is -0.363 e. The molecule has 1 aromatic heterocycles. The van der Waals surface area contributed by atoms with Gasteiger partial charge in [-0.15, -0.1) is 0 Å². The topological polar surface area (TPSA) is 28.2 Å². The zero-order valence-electron chi connectivity index (χ0n) is 8.95. The summed E-state index contributed by atoms with van der Waals surface area (Å²) >= 11 is 0. The van der Waals surface area contributed by atoms with E-state index >= 15 is 0 Å². The van der Waals surface area contributed by atoms with Gasteiger partial charge in [0.05, 0.1) is 17.4 Å². The smallest absolute Gasteiger partial charge is 0.0557 e. The standard InChI is InChI=1S/C12H17N3/c1-3-11(9-13-6-1)15-8-2-4-12(15)5-7-14-10-12/h1,3,6,9,14H,2,4-5,7-8,10H2. The number of anilines is 1. The van der Waals surface area contributed by atoms with Gasteiger partial charge in [0.15, 0.2) is 0 Å². The molecule has 0 saturated carbocycles. The summed E-state index contributed by atoms with van der Waals surface area (Å²) in [7, 11) is 0. The molecule has 0 aromatic carbocycles. The Morgan fingerprint density at radius 3 is 3.13 bits per heavy atom. The van der Waals surface area contributed by atoms with Crippen LogP contribution in [0, 0.1) is 0 Å². The lowest BCUT2D eigenvalue weighted by atomic mass is 9.95. The second-order valence-electron chi connectivity index (χ2n) is 4.62. The van der Waals surface area contributed by atoms with Crippen LogP contribution in [0.2, 0.25) is 0 Å². The molecule has 0 bridgehead atoms. The van der Waals surface area contributed by atoms with Crippen molar-refractivity contribution in [2.24, 2.45) is 0 Å². The second-order valence-corrected chi connectivity index (χ2v) is 4.62. The van der Waals surface area contributed by atoms with Crippen LogP contribution >= 0.6 is 0 Å². The lowest BCUT2D eigenvalue weighted by molar-refractivity contribution is 0.466. The molecule has 1 spiro atoms. The molecule has 3 rings (SSSR count). The summed E-state index contributed by atoms with van der Waals surface area (Å²) in [6.07, 6.45) is 7.76. The molecule has 15 heavy (non-hydrogen) atoms. The summed E-state index contributed by atoms with van der Waals surface area (Å²) in [6, 6.07) is 4.21. The van der Waals surface area contributed by atoms with Crippen LogP contribution in [0.1, 0.15) is 19.3 Å². The van der Waals surface area contributed by atoms with Crippen molar-refractivity contribution in [2.45, 2.75) is 24.8 Å². The fraction of sp³-hybridized carbons (Fsp3) is 0.583. The van der Waals surface area contributed by atoms with Gasteiger partial charge in [0.25, 0.3) is 0 Å². The third-order valence-corrected chi connectivity index (χ3v) is 3.78. The van der Waals surface area contributed by atoms with Crippen LogP contribution in [0.5, 0.6) is 0 Å². The zero-order chi connectivity index (χ0) is 10.1. The van der Waals surface area contributed by atoms with Gasteiger partial charge in [0.2, 0.25) is 0 Å². The summed E-state index contributed by atoms with van der Waals surface area (Å²) in [4.78, 5) is 6.78. The van der Waals surface area contributed by atoms with Crippen molar-refractivity contribution >= 4 is 5.69 Å². The maximum Gasteiger partial charge on any atom is 0.0557 e. The lowest BCUT2D eigenvalue weighted by Gasteiger charge is -2.36. The van der Waals surface area contributed by atoms with Crippen LogP contribution in [0.4, 0.5) is 5.69 Å². The minimum absolute atomic E-state index is 0.392. The molecule has 2 fully saturated rings. The molecular formula is C12H17N3. The minimum atomic E-state index is 0.392. The largest absolute Gasteiger partial charge is 0.363 e. The van der Waals surface area contributed by atoms with Crippen molar-refractivity contribution in [3.8, 4) is 0 Å². The number of hydrogen-bond donors (Lipinski definition) is 1. The monoisotopic (exact) mass is 203 g/mol.